The minimum atomic E-state index is -0.690. The highest BCUT2D eigenvalue weighted by molar-refractivity contribution is 5.94. The Balaban J connectivity index is 1.57. The predicted molar refractivity (Wildman–Crippen MR) is 98.5 cm³/mol. The number of aryl methyl sites for hydroxylation is 2. The number of rotatable bonds is 4. The number of likely N-dealkylation sites (tertiary alicyclic amines) is 1. The van der Waals surface area contributed by atoms with Crippen LogP contribution in [0.1, 0.15) is 54.1 Å². The van der Waals surface area contributed by atoms with Crippen molar-refractivity contribution in [2.45, 2.75) is 51.5 Å². The first kappa shape index (κ1) is 19.2. The maximum absolute atomic E-state index is 12.4. The molecule has 7 heteroatoms. The van der Waals surface area contributed by atoms with Crippen molar-refractivity contribution >= 4 is 17.8 Å². The number of nitrogens with zero attached hydrogens (tertiary/aromatic N) is 1. The highest BCUT2D eigenvalue weighted by Gasteiger charge is 2.25. The van der Waals surface area contributed by atoms with E-state index < -0.39 is 5.97 Å². The Morgan fingerprint density at radius 3 is 2.59 bits per heavy atom. The lowest BCUT2D eigenvalue weighted by atomic mass is 9.90. The molecule has 1 aromatic rings. The molecule has 0 spiro atoms. The number of phenolic OH excluding ortho intramolecular Hbond substituents is 1. The monoisotopic (exact) mass is 374 g/mol. The quantitative estimate of drug-likeness (QED) is 0.780. The average molecular weight is 374 g/mol. The van der Waals surface area contributed by atoms with E-state index >= 15 is 0 Å². The van der Waals surface area contributed by atoms with Gasteiger partial charge in [0.25, 0.3) is 5.91 Å². The molecule has 1 aliphatic carbocycles. The van der Waals surface area contributed by atoms with Gasteiger partial charge in [0.2, 0.25) is 5.91 Å². The fourth-order valence-corrected chi connectivity index (χ4v) is 3.84. The van der Waals surface area contributed by atoms with Crippen LogP contribution in [0.5, 0.6) is 5.75 Å². The third kappa shape index (κ3) is 4.78. The van der Waals surface area contributed by atoms with Gasteiger partial charge in [0, 0.05) is 26.1 Å². The second-order valence-electron chi connectivity index (χ2n) is 7.30. The zero-order valence-electron chi connectivity index (χ0n) is 15.6. The third-order valence-corrected chi connectivity index (χ3v) is 5.19. The van der Waals surface area contributed by atoms with Gasteiger partial charge in [-0.05, 0) is 61.8 Å². The van der Waals surface area contributed by atoms with Crippen LogP contribution in [0.2, 0.25) is 0 Å². The van der Waals surface area contributed by atoms with Crippen molar-refractivity contribution in [3.05, 3.63) is 28.8 Å². The molecule has 1 fully saturated rings. The van der Waals surface area contributed by atoms with E-state index in [2.05, 4.69) is 5.32 Å². The molecule has 1 heterocycles. The van der Waals surface area contributed by atoms with Crippen molar-refractivity contribution < 1.29 is 24.2 Å². The Morgan fingerprint density at radius 1 is 1.19 bits per heavy atom. The molecule has 2 aliphatic rings. The zero-order valence-corrected chi connectivity index (χ0v) is 15.6. The number of nitrogens with one attached hydrogen (secondary N) is 1. The molecule has 1 saturated heterocycles. The van der Waals surface area contributed by atoms with Crippen molar-refractivity contribution in [3.63, 3.8) is 0 Å². The number of ether oxygens (including phenoxy) is 1. The zero-order chi connectivity index (χ0) is 19.4. The molecule has 2 amide bonds. The molecule has 0 aromatic heterocycles. The van der Waals surface area contributed by atoms with Gasteiger partial charge in [0.15, 0.2) is 6.61 Å². The molecular formula is C20H26N2O5. The highest BCUT2D eigenvalue weighted by Crippen LogP contribution is 2.29. The standard InChI is InChI=1S/C20H26N2O5/c1-13(23)21-16-7-4-8-22(11-16)19(25)12-27-20(26)17-9-14-5-2-3-6-15(14)10-18(17)24/h9-10,16,24H,2-8,11-12H2,1H3,(H,21,23)/t16-/m1/s1. The summed E-state index contributed by atoms with van der Waals surface area (Å²) in [5, 5.41) is 13.0. The number of benzene rings is 1. The number of carbonyl (C=O) groups excluding carboxylic acids is 3. The number of aromatic hydroxyl groups is 1. The maximum atomic E-state index is 12.4. The normalized spacial score (nSPS) is 19.1. The minimum absolute atomic E-state index is 0.0689. The minimum Gasteiger partial charge on any atom is -0.507 e. The Morgan fingerprint density at radius 2 is 1.89 bits per heavy atom. The fourth-order valence-electron chi connectivity index (χ4n) is 3.84. The topological polar surface area (TPSA) is 95.9 Å². The number of hydrogen-bond donors (Lipinski definition) is 2. The van der Waals surface area contributed by atoms with Crippen LogP contribution in [0.15, 0.2) is 12.1 Å². The fraction of sp³-hybridized carbons (Fsp3) is 0.550. The van der Waals surface area contributed by atoms with Crippen LogP contribution < -0.4 is 5.32 Å². The van der Waals surface area contributed by atoms with Gasteiger partial charge in [-0.3, -0.25) is 9.59 Å². The first-order valence-electron chi connectivity index (χ1n) is 9.51. The second-order valence-corrected chi connectivity index (χ2v) is 7.30. The van der Waals surface area contributed by atoms with Crippen LogP contribution in [0.25, 0.3) is 0 Å². The van der Waals surface area contributed by atoms with Crippen molar-refractivity contribution in [2.75, 3.05) is 19.7 Å². The van der Waals surface area contributed by atoms with E-state index in [1.54, 1.807) is 17.0 Å². The van der Waals surface area contributed by atoms with E-state index in [9.17, 15) is 19.5 Å². The van der Waals surface area contributed by atoms with E-state index in [0.717, 1.165) is 49.7 Å². The average Bonchev–Trinajstić information content (AvgIpc) is 2.65. The molecule has 0 saturated carbocycles. The smallest absolute Gasteiger partial charge is 0.342 e. The van der Waals surface area contributed by atoms with E-state index in [0.29, 0.717) is 13.1 Å². The van der Waals surface area contributed by atoms with Crippen molar-refractivity contribution in [3.8, 4) is 5.75 Å². The van der Waals surface area contributed by atoms with E-state index in [-0.39, 0.29) is 35.8 Å². The summed E-state index contributed by atoms with van der Waals surface area (Å²) in [4.78, 5) is 37.5. The predicted octanol–water partition coefficient (Wildman–Crippen LogP) is 1.55. The van der Waals surface area contributed by atoms with Crippen molar-refractivity contribution in [2.24, 2.45) is 0 Å². The van der Waals surface area contributed by atoms with Crippen molar-refractivity contribution in [1.29, 1.82) is 0 Å². The van der Waals surface area contributed by atoms with Crippen LogP contribution in [-0.4, -0.2) is 53.5 Å². The maximum Gasteiger partial charge on any atom is 0.342 e. The first-order valence-corrected chi connectivity index (χ1v) is 9.51. The number of phenols is 1. The number of fused-ring (bicyclic) bond motifs is 1. The number of carbonyl (C=O) groups is 3. The Hall–Kier alpha value is -2.57. The third-order valence-electron chi connectivity index (χ3n) is 5.19. The van der Waals surface area contributed by atoms with Gasteiger partial charge in [0.1, 0.15) is 11.3 Å². The lowest BCUT2D eigenvalue weighted by molar-refractivity contribution is -0.136. The molecule has 2 N–H and O–H groups in total. The Bertz CT molecular complexity index is 746. The van der Waals surface area contributed by atoms with Gasteiger partial charge in [0.05, 0.1) is 0 Å². The van der Waals surface area contributed by atoms with Gasteiger partial charge in [-0.25, -0.2) is 4.79 Å². The van der Waals surface area contributed by atoms with Crippen LogP contribution in [0.3, 0.4) is 0 Å². The first-order chi connectivity index (χ1) is 12.9. The Labute approximate surface area is 158 Å². The summed E-state index contributed by atoms with van der Waals surface area (Å²) in [5.41, 5.74) is 2.24. The van der Waals surface area contributed by atoms with Gasteiger partial charge >= 0.3 is 5.97 Å². The summed E-state index contributed by atoms with van der Waals surface area (Å²) in [5.74, 6) is -1.21. The number of esters is 1. The molecule has 0 unspecified atom stereocenters. The van der Waals surface area contributed by atoms with E-state index in [4.69, 9.17) is 4.74 Å². The SMILES string of the molecule is CC(=O)N[C@@H]1CCCN(C(=O)COC(=O)c2cc3c(cc2O)CCCC3)C1. The lowest BCUT2D eigenvalue weighted by Crippen LogP contribution is -2.50. The number of piperidine rings is 1. The largest absolute Gasteiger partial charge is 0.507 e. The van der Waals surface area contributed by atoms with Crippen molar-refractivity contribution in [1.82, 2.24) is 10.2 Å². The summed E-state index contributed by atoms with van der Waals surface area (Å²) in [6.07, 6.45) is 5.55. The van der Waals surface area contributed by atoms with Crippen LogP contribution in [-0.2, 0) is 27.2 Å². The summed E-state index contributed by atoms with van der Waals surface area (Å²) in [6, 6.07) is 3.25. The highest BCUT2D eigenvalue weighted by atomic mass is 16.5. The van der Waals surface area contributed by atoms with Crippen LogP contribution >= 0.6 is 0 Å². The summed E-state index contributed by atoms with van der Waals surface area (Å²) in [6.45, 7) is 2.08. The lowest BCUT2D eigenvalue weighted by Gasteiger charge is -2.32. The molecule has 146 valence electrons. The van der Waals surface area contributed by atoms with E-state index in [1.807, 2.05) is 0 Å². The molecule has 1 aliphatic heterocycles. The molecular weight excluding hydrogens is 348 g/mol. The van der Waals surface area contributed by atoms with E-state index in [1.165, 1.54) is 6.92 Å². The molecule has 1 aromatic carbocycles. The van der Waals surface area contributed by atoms with Crippen LogP contribution in [0.4, 0.5) is 0 Å². The number of amides is 2. The molecule has 1 atom stereocenters. The number of hydrogen-bond acceptors (Lipinski definition) is 5. The van der Waals surface area contributed by atoms with Gasteiger partial charge in [-0.2, -0.15) is 0 Å². The van der Waals surface area contributed by atoms with Gasteiger partial charge < -0.3 is 20.1 Å². The summed E-state index contributed by atoms with van der Waals surface area (Å²) < 4.78 is 5.15. The molecule has 3 rings (SSSR count). The second kappa shape index (κ2) is 8.41. The summed E-state index contributed by atoms with van der Waals surface area (Å²) in [7, 11) is 0. The summed E-state index contributed by atoms with van der Waals surface area (Å²) >= 11 is 0. The molecule has 7 nitrogen and oxygen atoms in total. The molecule has 27 heavy (non-hydrogen) atoms. The molecule has 0 bridgehead atoms. The van der Waals surface area contributed by atoms with Crippen LogP contribution in [0, 0.1) is 0 Å². The molecule has 0 radical (unpaired) electrons. The van der Waals surface area contributed by atoms with Gasteiger partial charge in [-0.1, -0.05) is 0 Å². The Kier molecular flexibility index (Phi) is 5.98. The van der Waals surface area contributed by atoms with Gasteiger partial charge in [-0.15, -0.1) is 0 Å².